The zero-order valence-electron chi connectivity index (χ0n) is 14.7. The van der Waals surface area contributed by atoms with Gasteiger partial charge in [-0.1, -0.05) is 19.7 Å². The Morgan fingerprint density at radius 3 is 2.08 bits per heavy atom. The summed E-state index contributed by atoms with van der Waals surface area (Å²) in [4.78, 5) is 24.9. The largest absolute Gasteiger partial charge is 0.508 e. The van der Waals surface area contributed by atoms with Crippen molar-refractivity contribution >= 4 is 11.8 Å². The molecule has 0 atom stereocenters. The van der Waals surface area contributed by atoms with Crippen LogP contribution in [0, 0.1) is 5.41 Å². The topological polar surface area (TPSA) is 78.4 Å². The second-order valence-corrected chi connectivity index (χ2v) is 5.72. The Bertz CT molecular complexity index is 738. The SMILES string of the molecule is C=C/C(O)=C\C=C(/C)NC(=O)C1(C(=O)N/C(C=C)=C/C=C(/F)C=C)CC1. The van der Waals surface area contributed by atoms with Crippen molar-refractivity contribution < 1.29 is 19.1 Å². The summed E-state index contributed by atoms with van der Waals surface area (Å²) in [6.07, 6.45) is 9.81. The second kappa shape index (κ2) is 9.36. The zero-order valence-corrected chi connectivity index (χ0v) is 14.7. The van der Waals surface area contributed by atoms with E-state index in [1.54, 1.807) is 6.92 Å². The summed E-state index contributed by atoms with van der Waals surface area (Å²) in [5.41, 5.74) is -0.419. The summed E-state index contributed by atoms with van der Waals surface area (Å²) in [5, 5.41) is 14.5. The molecule has 138 valence electrons. The molecule has 2 amide bonds. The monoisotopic (exact) mass is 358 g/mol. The van der Waals surface area contributed by atoms with Gasteiger partial charge in [0.15, 0.2) is 0 Å². The van der Waals surface area contributed by atoms with Gasteiger partial charge in [0.2, 0.25) is 11.8 Å². The Hall–Kier alpha value is -3.15. The van der Waals surface area contributed by atoms with Crippen molar-refractivity contribution in [1.29, 1.82) is 0 Å². The van der Waals surface area contributed by atoms with Gasteiger partial charge >= 0.3 is 0 Å². The third-order valence-corrected chi connectivity index (χ3v) is 3.74. The fourth-order valence-corrected chi connectivity index (χ4v) is 1.95. The molecule has 6 heteroatoms. The highest BCUT2D eigenvalue weighted by Crippen LogP contribution is 2.46. The maximum atomic E-state index is 13.1. The number of halogens is 1. The Morgan fingerprint density at radius 1 is 0.962 bits per heavy atom. The summed E-state index contributed by atoms with van der Waals surface area (Å²) in [5.74, 6) is -1.52. The van der Waals surface area contributed by atoms with Crippen molar-refractivity contribution in [2.75, 3.05) is 0 Å². The molecular formula is C20H23FN2O3. The molecule has 0 aromatic heterocycles. The maximum absolute atomic E-state index is 13.1. The van der Waals surface area contributed by atoms with Crippen LogP contribution in [0.5, 0.6) is 0 Å². The van der Waals surface area contributed by atoms with Gasteiger partial charge in [-0.25, -0.2) is 4.39 Å². The molecule has 1 fully saturated rings. The highest BCUT2D eigenvalue weighted by molar-refractivity contribution is 6.08. The average Bonchev–Trinajstić information content (AvgIpc) is 3.44. The summed E-state index contributed by atoms with van der Waals surface area (Å²) in [6.45, 7) is 11.9. The van der Waals surface area contributed by atoms with Crippen LogP contribution in [0.15, 0.2) is 85.2 Å². The van der Waals surface area contributed by atoms with Crippen LogP contribution in [0.4, 0.5) is 4.39 Å². The Balaban J connectivity index is 2.82. The van der Waals surface area contributed by atoms with E-state index in [0.29, 0.717) is 18.5 Å². The molecule has 0 saturated heterocycles. The highest BCUT2D eigenvalue weighted by Gasteiger charge is 2.56. The fraction of sp³-hybridized carbons (Fsp3) is 0.200. The number of hydrogen-bond acceptors (Lipinski definition) is 3. The van der Waals surface area contributed by atoms with E-state index in [0.717, 1.165) is 12.2 Å². The number of aliphatic hydroxyl groups excluding tert-OH is 1. The molecule has 0 unspecified atom stereocenters. The Morgan fingerprint density at radius 2 is 1.58 bits per heavy atom. The van der Waals surface area contributed by atoms with Crippen LogP contribution in [0.1, 0.15) is 19.8 Å². The first-order valence-electron chi connectivity index (χ1n) is 7.94. The highest BCUT2D eigenvalue weighted by atomic mass is 19.1. The number of carbonyl (C=O) groups is 2. The minimum atomic E-state index is -1.16. The summed E-state index contributed by atoms with van der Waals surface area (Å²) < 4.78 is 13.1. The van der Waals surface area contributed by atoms with E-state index in [2.05, 4.69) is 30.4 Å². The van der Waals surface area contributed by atoms with E-state index in [1.165, 1.54) is 30.4 Å². The molecule has 1 saturated carbocycles. The van der Waals surface area contributed by atoms with Gasteiger partial charge in [0.1, 0.15) is 17.0 Å². The van der Waals surface area contributed by atoms with E-state index in [9.17, 15) is 19.1 Å². The van der Waals surface area contributed by atoms with Crippen molar-refractivity contribution in [2.45, 2.75) is 19.8 Å². The first-order chi connectivity index (χ1) is 12.3. The zero-order chi connectivity index (χ0) is 19.7. The lowest BCUT2D eigenvalue weighted by atomic mass is 10.0. The van der Waals surface area contributed by atoms with Crippen molar-refractivity contribution in [3.63, 3.8) is 0 Å². The predicted molar refractivity (Wildman–Crippen MR) is 100 cm³/mol. The second-order valence-electron chi connectivity index (χ2n) is 5.72. The maximum Gasteiger partial charge on any atom is 0.240 e. The van der Waals surface area contributed by atoms with Crippen LogP contribution in [0.3, 0.4) is 0 Å². The predicted octanol–water partition coefficient (Wildman–Crippen LogP) is 3.64. The molecular weight excluding hydrogens is 335 g/mol. The number of allylic oxidation sites excluding steroid dienone is 9. The summed E-state index contributed by atoms with van der Waals surface area (Å²) >= 11 is 0. The average molecular weight is 358 g/mol. The number of aliphatic hydroxyl groups is 1. The standard InChI is InChI=1S/C20H23FN2O3/c1-5-15(21)9-10-16(6-2)23-19(26)20(12-13-20)18(25)22-14(4)8-11-17(24)7-3/h5-11,24H,1-3,12-13H2,4H3,(H,22,25)(H,23,26)/b14-8+,15-9+,16-10+,17-11+. The molecule has 0 aromatic rings. The van der Waals surface area contributed by atoms with E-state index < -0.39 is 23.1 Å². The van der Waals surface area contributed by atoms with Crippen LogP contribution in [-0.2, 0) is 9.59 Å². The van der Waals surface area contributed by atoms with Gasteiger partial charge in [0.05, 0.1) is 0 Å². The van der Waals surface area contributed by atoms with Gasteiger partial charge in [-0.3, -0.25) is 9.59 Å². The van der Waals surface area contributed by atoms with Crippen LogP contribution in [-0.4, -0.2) is 16.9 Å². The van der Waals surface area contributed by atoms with Gasteiger partial charge in [-0.2, -0.15) is 0 Å². The number of amides is 2. The van der Waals surface area contributed by atoms with Gasteiger partial charge in [-0.05, 0) is 62.3 Å². The smallest absolute Gasteiger partial charge is 0.240 e. The quantitative estimate of drug-likeness (QED) is 0.334. The molecule has 1 rings (SSSR count). The fourth-order valence-electron chi connectivity index (χ4n) is 1.95. The lowest BCUT2D eigenvalue weighted by Crippen LogP contribution is -2.42. The van der Waals surface area contributed by atoms with Gasteiger partial charge in [0, 0.05) is 11.4 Å². The minimum absolute atomic E-state index is 0.0435. The van der Waals surface area contributed by atoms with Gasteiger partial charge in [-0.15, -0.1) is 0 Å². The lowest BCUT2D eigenvalue weighted by molar-refractivity contribution is -0.136. The minimum Gasteiger partial charge on any atom is -0.508 e. The normalized spacial score (nSPS) is 17.2. The van der Waals surface area contributed by atoms with Crippen LogP contribution in [0.2, 0.25) is 0 Å². The van der Waals surface area contributed by atoms with Crippen molar-refractivity contribution in [1.82, 2.24) is 10.6 Å². The van der Waals surface area contributed by atoms with Crippen LogP contribution in [0.25, 0.3) is 0 Å². The Kier molecular flexibility index (Phi) is 7.52. The van der Waals surface area contributed by atoms with Gasteiger partial charge < -0.3 is 15.7 Å². The third-order valence-electron chi connectivity index (χ3n) is 3.74. The lowest BCUT2D eigenvalue weighted by Gasteiger charge is -2.16. The van der Waals surface area contributed by atoms with Crippen LogP contribution >= 0.6 is 0 Å². The molecule has 0 bridgehead atoms. The van der Waals surface area contributed by atoms with Crippen molar-refractivity contribution in [3.8, 4) is 0 Å². The molecule has 0 aliphatic heterocycles. The van der Waals surface area contributed by atoms with Crippen molar-refractivity contribution in [3.05, 3.63) is 85.2 Å². The molecule has 5 nitrogen and oxygen atoms in total. The molecule has 0 spiro atoms. The number of rotatable bonds is 9. The molecule has 0 aromatic carbocycles. The first kappa shape index (κ1) is 20.9. The number of nitrogens with one attached hydrogen (secondary N) is 2. The van der Waals surface area contributed by atoms with E-state index in [1.807, 2.05) is 0 Å². The molecule has 26 heavy (non-hydrogen) atoms. The molecule has 0 radical (unpaired) electrons. The first-order valence-corrected chi connectivity index (χ1v) is 7.94. The van der Waals surface area contributed by atoms with E-state index >= 15 is 0 Å². The van der Waals surface area contributed by atoms with Gasteiger partial charge in [0.25, 0.3) is 0 Å². The molecule has 3 N–H and O–H groups in total. The van der Waals surface area contributed by atoms with E-state index in [4.69, 9.17) is 0 Å². The molecule has 0 heterocycles. The number of hydrogen-bond donors (Lipinski definition) is 3. The number of carbonyl (C=O) groups excluding carboxylic acids is 2. The van der Waals surface area contributed by atoms with Crippen molar-refractivity contribution in [2.24, 2.45) is 5.41 Å². The summed E-state index contributed by atoms with van der Waals surface area (Å²) in [6, 6.07) is 0. The van der Waals surface area contributed by atoms with Crippen LogP contribution < -0.4 is 10.6 Å². The Labute approximate surface area is 152 Å². The molecule has 1 aliphatic rings. The third kappa shape index (κ3) is 5.73. The van der Waals surface area contributed by atoms with E-state index in [-0.39, 0.29) is 11.5 Å². The summed E-state index contributed by atoms with van der Waals surface area (Å²) in [7, 11) is 0. The molecule has 1 aliphatic carbocycles.